The highest BCUT2D eigenvalue weighted by atomic mass is 35.5. The van der Waals surface area contributed by atoms with E-state index in [1.165, 1.54) is 12.1 Å². The van der Waals surface area contributed by atoms with Crippen molar-refractivity contribution in [2.24, 2.45) is 5.84 Å². The van der Waals surface area contributed by atoms with Crippen LogP contribution in [0.3, 0.4) is 0 Å². The summed E-state index contributed by atoms with van der Waals surface area (Å²) in [6, 6.07) is 2.74. The number of alkyl halides is 2. The molecule has 1 aromatic rings. The highest BCUT2D eigenvalue weighted by molar-refractivity contribution is 6.30. The van der Waals surface area contributed by atoms with Crippen molar-refractivity contribution in [2.75, 3.05) is 0 Å². The van der Waals surface area contributed by atoms with Gasteiger partial charge in [-0.15, -0.1) is 0 Å². The van der Waals surface area contributed by atoms with Crippen LogP contribution in [-0.4, -0.2) is 12.5 Å². The second kappa shape index (κ2) is 5.34. The molecule has 1 rings (SSSR count). The lowest BCUT2D eigenvalue weighted by Crippen LogP contribution is -2.42. The van der Waals surface area contributed by atoms with Gasteiger partial charge in [0.15, 0.2) is 0 Å². The van der Waals surface area contributed by atoms with Gasteiger partial charge in [-0.2, -0.15) is 0 Å². The molecule has 0 saturated heterocycles. The Morgan fingerprint density at radius 1 is 1.40 bits per heavy atom. The zero-order valence-electron chi connectivity index (χ0n) is 7.68. The number of nitrogens with one attached hydrogen (secondary N) is 1. The zero-order chi connectivity index (χ0) is 11.4. The summed E-state index contributed by atoms with van der Waals surface area (Å²) in [6.07, 6.45) is -2.66. The van der Waals surface area contributed by atoms with Gasteiger partial charge < -0.3 is 0 Å². The second-order valence-electron chi connectivity index (χ2n) is 3.06. The summed E-state index contributed by atoms with van der Waals surface area (Å²) in [7, 11) is 0. The molecule has 6 heteroatoms. The van der Waals surface area contributed by atoms with Crippen molar-refractivity contribution >= 4 is 11.6 Å². The van der Waals surface area contributed by atoms with E-state index >= 15 is 0 Å². The number of nitrogens with two attached hydrogens (primary N) is 1. The lowest BCUT2D eigenvalue weighted by molar-refractivity contribution is 0.0984. The summed E-state index contributed by atoms with van der Waals surface area (Å²) >= 11 is 5.45. The summed E-state index contributed by atoms with van der Waals surface area (Å²) in [5.41, 5.74) is 2.40. The van der Waals surface area contributed by atoms with Gasteiger partial charge >= 0.3 is 0 Å². The van der Waals surface area contributed by atoms with Crippen molar-refractivity contribution in [1.29, 1.82) is 0 Å². The normalized spacial score (nSPS) is 13.2. The van der Waals surface area contributed by atoms with Crippen molar-refractivity contribution < 1.29 is 13.2 Å². The van der Waals surface area contributed by atoms with Gasteiger partial charge in [0.1, 0.15) is 5.82 Å². The molecule has 0 aliphatic rings. The molecule has 2 nitrogen and oxygen atoms in total. The van der Waals surface area contributed by atoms with E-state index in [-0.39, 0.29) is 11.4 Å². The van der Waals surface area contributed by atoms with Crippen molar-refractivity contribution in [3.05, 3.63) is 34.6 Å². The maximum Gasteiger partial charge on any atom is 0.255 e. The van der Waals surface area contributed by atoms with Crippen molar-refractivity contribution in [2.45, 2.75) is 18.9 Å². The van der Waals surface area contributed by atoms with Gasteiger partial charge in [-0.25, -0.2) is 13.2 Å². The Labute approximate surface area is 90.2 Å². The first-order valence-corrected chi connectivity index (χ1v) is 4.60. The number of halogens is 4. The topological polar surface area (TPSA) is 38.0 Å². The maximum absolute atomic E-state index is 13.0. The van der Waals surface area contributed by atoms with Gasteiger partial charge in [-0.3, -0.25) is 11.3 Å². The van der Waals surface area contributed by atoms with E-state index in [9.17, 15) is 13.2 Å². The van der Waals surface area contributed by atoms with E-state index in [1.807, 2.05) is 5.43 Å². The lowest BCUT2D eigenvalue weighted by atomic mass is 10.1. The smallest absolute Gasteiger partial charge is 0.255 e. The minimum Gasteiger partial charge on any atom is -0.271 e. The molecule has 0 aromatic heterocycles. The first-order chi connectivity index (χ1) is 7.04. The largest absolute Gasteiger partial charge is 0.271 e. The van der Waals surface area contributed by atoms with Crippen LogP contribution in [0.4, 0.5) is 13.2 Å². The first kappa shape index (κ1) is 12.3. The van der Waals surface area contributed by atoms with E-state index in [0.717, 1.165) is 6.07 Å². The van der Waals surface area contributed by atoms with E-state index in [1.54, 1.807) is 0 Å². The molecule has 1 aromatic carbocycles. The van der Waals surface area contributed by atoms with Crippen LogP contribution in [0, 0.1) is 5.82 Å². The fourth-order valence-corrected chi connectivity index (χ4v) is 1.26. The molecule has 0 aliphatic carbocycles. The van der Waals surface area contributed by atoms with Crippen LogP contribution >= 0.6 is 11.6 Å². The molecule has 84 valence electrons. The molecule has 0 fully saturated rings. The minimum atomic E-state index is -2.60. The number of benzene rings is 1. The maximum atomic E-state index is 13.0. The molecule has 15 heavy (non-hydrogen) atoms. The zero-order valence-corrected chi connectivity index (χ0v) is 8.44. The Morgan fingerprint density at radius 2 is 2.07 bits per heavy atom. The average Bonchev–Trinajstić information content (AvgIpc) is 2.19. The third kappa shape index (κ3) is 3.37. The van der Waals surface area contributed by atoms with Gasteiger partial charge in [0.25, 0.3) is 6.43 Å². The predicted octanol–water partition coefficient (Wildman–Crippen LogP) is 2.12. The molecule has 0 radical (unpaired) electrons. The summed E-state index contributed by atoms with van der Waals surface area (Å²) in [5.74, 6) is 4.31. The minimum absolute atomic E-state index is 0.0342. The van der Waals surface area contributed by atoms with Crippen LogP contribution in [-0.2, 0) is 6.42 Å². The molecule has 3 N–H and O–H groups in total. The second-order valence-corrected chi connectivity index (χ2v) is 3.47. The molecule has 0 spiro atoms. The standard InChI is InChI=1S/C9H10ClF3N2/c10-6-2-1-5(3-7(6)11)4-8(15-14)9(12)13/h1-3,8-9,15H,4,14H2. The molecular formula is C9H10ClF3N2. The number of hydrogen-bond acceptors (Lipinski definition) is 2. The highest BCUT2D eigenvalue weighted by Crippen LogP contribution is 2.17. The SMILES string of the molecule is NNC(Cc1ccc(Cl)c(F)c1)C(F)F. The highest BCUT2D eigenvalue weighted by Gasteiger charge is 2.19. The fraction of sp³-hybridized carbons (Fsp3) is 0.333. The molecule has 1 unspecified atom stereocenters. The monoisotopic (exact) mass is 238 g/mol. The van der Waals surface area contributed by atoms with E-state index in [2.05, 4.69) is 0 Å². The fourth-order valence-electron chi connectivity index (χ4n) is 1.14. The first-order valence-electron chi connectivity index (χ1n) is 4.22. The van der Waals surface area contributed by atoms with E-state index < -0.39 is 18.3 Å². The van der Waals surface area contributed by atoms with Crippen LogP contribution in [0.5, 0.6) is 0 Å². The number of rotatable bonds is 4. The average molecular weight is 239 g/mol. The van der Waals surface area contributed by atoms with Gasteiger partial charge in [0.05, 0.1) is 11.1 Å². The Hall–Kier alpha value is -0.780. The molecule has 0 amide bonds. The van der Waals surface area contributed by atoms with Crippen LogP contribution in [0.15, 0.2) is 18.2 Å². The molecule has 0 heterocycles. The van der Waals surface area contributed by atoms with Crippen LogP contribution in [0.1, 0.15) is 5.56 Å². The van der Waals surface area contributed by atoms with Gasteiger partial charge in [0.2, 0.25) is 0 Å². The van der Waals surface area contributed by atoms with Gasteiger partial charge in [-0.05, 0) is 24.1 Å². The summed E-state index contributed by atoms with van der Waals surface area (Å²) in [6.45, 7) is 0. The third-order valence-corrected chi connectivity index (χ3v) is 2.26. The molecule has 0 aliphatic heterocycles. The quantitative estimate of drug-likeness (QED) is 0.623. The summed E-state index contributed by atoms with van der Waals surface area (Å²) in [4.78, 5) is 0. The van der Waals surface area contributed by atoms with Crippen LogP contribution < -0.4 is 11.3 Å². The predicted molar refractivity (Wildman–Crippen MR) is 52.2 cm³/mol. The number of hydrogen-bond donors (Lipinski definition) is 2. The Balaban J connectivity index is 2.75. The van der Waals surface area contributed by atoms with Crippen molar-refractivity contribution in [3.63, 3.8) is 0 Å². The molecular weight excluding hydrogens is 229 g/mol. The van der Waals surface area contributed by atoms with Crippen LogP contribution in [0.2, 0.25) is 5.02 Å². The van der Waals surface area contributed by atoms with Crippen molar-refractivity contribution in [3.8, 4) is 0 Å². The third-order valence-electron chi connectivity index (χ3n) is 1.96. The van der Waals surface area contributed by atoms with Gasteiger partial charge in [-0.1, -0.05) is 17.7 Å². The van der Waals surface area contributed by atoms with Crippen LogP contribution in [0.25, 0.3) is 0 Å². The van der Waals surface area contributed by atoms with E-state index in [0.29, 0.717) is 5.56 Å². The van der Waals surface area contributed by atoms with E-state index in [4.69, 9.17) is 17.4 Å². The number of hydrazine groups is 1. The molecule has 1 atom stereocenters. The Bertz CT molecular complexity index is 333. The van der Waals surface area contributed by atoms with Gasteiger partial charge in [0, 0.05) is 0 Å². The Kier molecular flexibility index (Phi) is 4.38. The lowest BCUT2D eigenvalue weighted by Gasteiger charge is -2.14. The summed E-state index contributed by atoms with van der Waals surface area (Å²) in [5, 5.41) is -0.0342. The van der Waals surface area contributed by atoms with Crippen molar-refractivity contribution in [1.82, 2.24) is 5.43 Å². The molecule has 0 saturated carbocycles. The Morgan fingerprint density at radius 3 is 2.53 bits per heavy atom. The summed E-state index contributed by atoms with van der Waals surface area (Å²) < 4.78 is 37.6. The molecule has 0 bridgehead atoms.